The van der Waals surface area contributed by atoms with Crippen molar-refractivity contribution in [3.05, 3.63) is 89.4 Å². The maximum atomic E-state index is 12.8. The predicted octanol–water partition coefficient (Wildman–Crippen LogP) is 3.85. The number of benzene rings is 1. The van der Waals surface area contributed by atoms with Crippen LogP contribution in [0.3, 0.4) is 0 Å². The Hall–Kier alpha value is -3.75. The third-order valence-corrected chi connectivity index (χ3v) is 3.88. The van der Waals surface area contributed by atoms with E-state index in [2.05, 4.69) is 25.5 Å². The third kappa shape index (κ3) is 5.61. The first-order valence-corrected chi connectivity index (χ1v) is 8.55. The summed E-state index contributed by atoms with van der Waals surface area (Å²) in [6.07, 6.45) is 1.78. The van der Waals surface area contributed by atoms with Crippen LogP contribution in [0.5, 0.6) is 0 Å². The van der Waals surface area contributed by atoms with E-state index >= 15 is 0 Å². The summed E-state index contributed by atoms with van der Waals surface area (Å²) in [5, 5.41) is 10.9. The van der Waals surface area contributed by atoms with Gasteiger partial charge in [0.15, 0.2) is 5.84 Å². The lowest BCUT2D eigenvalue weighted by molar-refractivity contribution is -0.137. The molecule has 0 aliphatic rings. The predicted molar refractivity (Wildman–Crippen MR) is 106 cm³/mol. The highest BCUT2D eigenvalue weighted by molar-refractivity contribution is 6.01. The molecule has 0 amide bonds. The molecule has 0 aliphatic carbocycles. The molecule has 1 aromatic carbocycles. The molecule has 2 heterocycles. The number of hydrogen-bond donors (Lipinski definition) is 2. The zero-order chi connectivity index (χ0) is 20.7. The zero-order valence-electron chi connectivity index (χ0n) is 15.1. The number of aromatic nitrogens is 2. The standard InChI is InChI=1S/C20H17F3N6/c21-20(22,23)16-4-1-3-15(11-16)13-28-29-18(24)17-5-2-8-26-19(17)27-12-14-6-9-25-10-7-14/h1-11,13H,12H2,(H2,24,29)(H,26,27)/b28-13+. The van der Waals surface area contributed by atoms with Gasteiger partial charge >= 0.3 is 6.18 Å². The molecule has 0 radical (unpaired) electrons. The highest BCUT2D eigenvalue weighted by Crippen LogP contribution is 2.29. The molecule has 2 aromatic heterocycles. The van der Waals surface area contributed by atoms with E-state index in [0.29, 0.717) is 17.9 Å². The van der Waals surface area contributed by atoms with Crippen LogP contribution >= 0.6 is 0 Å². The first-order valence-electron chi connectivity index (χ1n) is 8.55. The van der Waals surface area contributed by atoms with Crippen LogP contribution in [0, 0.1) is 0 Å². The van der Waals surface area contributed by atoms with Gasteiger partial charge in [0.25, 0.3) is 0 Å². The van der Waals surface area contributed by atoms with Crippen molar-refractivity contribution in [2.45, 2.75) is 12.7 Å². The van der Waals surface area contributed by atoms with Gasteiger partial charge in [-0.1, -0.05) is 12.1 Å². The van der Waals surface area contributed by atoms with Crippen molar-refractivity contribution >= 4 is 17.9 Å². The van der Waals surface area contributed by atoms with Gasteiger partial charge in [-0.05, 0) is 47.5 Å². The van der Waals surface area contributed by atoms with Crippen molar-refractivity contribution in [2.24, 2.45) is 15.9 Å². The van der Waals surface area contributed by atoms with Crippen LogP contribution in [0.2, 0.25) is 0 Å². The maximum absolute atomic E-state index is 12.8. The Labute approximate surface area is 165 Å². The number of rotatable bonds is 6. The van der Waals surface area contributed by atoms with Gasteiger partial charge in [0, 0.05) is 25.1 Å². The molecule has 0 atom stereocenters. The number of nitrogens with zero attached hydrogens (tertiary/aromatic N) is 4. The lowest BCUT2D eigenvalue weighted by atomic mass is 10.1. The smallest absolute Gasteiger partial charge is 0.382 e. The first-order chi connectivity index (χ1) is 13.9. The second-order valence-electron chi connectivity index (χ2n) is 5.96. The number of alkyl halides is 3. The second-order valence-corrected chi connectivity index (χ2v) is 5.96. The van der Waals surface area contributed by atoms with Gasteiger partial charge in [0.05, 0.1) is 17.3 Å². The summed E-state index contributed by atoms with van der Waals surface area (Å²) in [7, 11) is 0. The maximum Gasteiger partial charge on any atom is 0.416 e. The van der Waals surface area contributed by atoms with Crippen molar-refractivity contribution in [2.75, 3.05) is 5.32 Å². The van der Waals surface area contributed by atoms with Crippen LogP contribution in [0.15, 0.2) is 77.3 Å². The summed E-state index contributed by atoms with van der Waals surface area (Å²) in [4.78, 5) is 8.22. The summed E-state index contributed by atoms with van der Waals surface area (Å²) in [6.45, 7) is 0.507. The van der Waals surface area contributed by atoms with Crippen molar-refractivity contribution in [3.8, 4) is 0 Å². The minimum absolute atomic E-state index is 0.0820. The van der Waals surface area contributed by atoms with Gasteiger partial charge in [-0.3, -0.25) is 4.98 Å². The van der Waals surface area contributed by atoms with E-state index in [1.165, 1.54) is 18.3 Å². The average molecular weight is 398 g/mol. The number of anilines is 1. The highest BCUT2D eigenvalue weighted by Gasteiger charge is 2.30. The van der Waals surface area contributed by atoms with Crippen molar-refractivity contribution in [1.29, 1.82) is 0 Å². The molecule has 0 unspecified atom stereocenters. The summed E-state index contributed by atoms with van der Waals surface area (Å²) >= 11 is 0. The Kier molecular flexibility index (Phi) is 6.18. The van der Waals surface area contributed by atoms with E-state index in [1.807, 2.05) is 12.1 Å². The fraction of sp³-hybridized carbons (Fsp3) is 0.100. The lowest BCUT2D eigenvalue weighted by Crippen LogP contribution is -2.16. The fourth-order valence-corrected chi connectivity index (χ4v) is 2.45. The van der Waals surface area contributed by atoms with E-state index in [4.69, 9.17) is 5.73 Å². The number of nitrogens with one attached hydrogen (secondary N) is 1. The van der Waals surface area contributed by atoms with Crippen LogP contribution in [0.25, 0.3) is 0 Å². The average Bonchev–Trinajstić information content (AvgIpc) is 2.73. The lowest BCUT2D eigenvalue weighted by Gasteiger charge is -2.09. The molecule has 0 saturated heterocycles. The number of nitrogens with two attached hydrogens (primary N) is 1. The molecule has 0 saturated carbocycles. The Bertz CT molecular complexity index is 1020. The molecule has 9 heteroatoms. The van der Waals surface area contributed by atoms with Gasteiger partial charge < -0.3 is 11.1 Å². The summed E-state index contributed by atoms with van der Waals surface area (Å²) < 4.78 is 38.3. The third-order valence-electron chi connectivity index (χ3n) is 3.88. The topological polar surface area (TPSA) is 88.5 Å². The van der Waals surface area contributed by atoms with E-state index in [1.54, 1.807) is 30.7 Å². The summed E-state index contributed by atoms with van der Waals surface area (Å²) in [5.41, 5.74) is 7.04. The number of hydrogen-bond acceptors (Lipinski definition) is 5. The molecule has 3 aromatic rings. The minimum Gasteiger partial charge on any atom is -0.382 e. The molecule has 3 rings (SSSR count). The number of pyridine rings is 2. The molecular weight excluding hydrogens is 381 g/mol. The van der Waals surface area contributed by atoms with Crippen LogP contribution in [0.1, 0.15) is 22.3 Å². The van der Waals surface area contributed by atoms with Crippen molar-refractivity contribution in [1.82, 2.24) is 9.97 Å². The zero-order valence-corrected chi connectivity index (χ0v) is 15.1. The van der Waals surface area contributed by atoms with Gasteiger partial charge in [-0.2, -0.15) is 18.3 Å². The normalized spacial score (nSPS) is 12.3. The van der Waals surface area contributed by atoms with E-state index < -0.39 is 11.7 Å². The van der Waals surface area contributed by atoms with Crippen molar-refractivity contribution in [3.63, 3.8) is 0 Å². The van der Waals surface area contributed by atoms with Gasteiger partial charge in [-0.25, -0.2) is 4.98 Å². The molecule has 0 bridgehead atoms. The molecule has 0 aliphatic heterocycles. The van der Waals surface area contributed by atoms with E-state index in [9.17, 15) is 13.2 Å². The largest absolute Gasteiger partial charge is 0.416 e. The van der Waals surface area contributed by atoms with Crippen LogP contribution in [-0.2, 0) is 12.7 Å². The van der Waals surface area contributed by atoms with Crippen molar-refractivity contribution < 1.29 is 13.2 Å². The molecule has 29 heavy (non-hydrogen) atoms. The monoisotopic (exact) mass is 398 g/mol. The second kappa shape index (κ2) is 8.96. The first kappa shape index (κ1) is 20.0. The molecular formula is C20H17F3N6. The van der Waals surface area contributed by atoms with Crippen LogP contribution in [0.4, 0.5) is 19.0 Å². The Morgan fingerprint density at radius 1 is 1.07 bits per heavy atom. The molecule has 148 valence electrons. The Morgan fingerprint density at radius 2 is 1.86 bits per heavy atom. The molecule has 0 spiro atoms. The summed E-state index contributed by atoms with van der Waals surface area (Å²) in [6, 6.07) is 11.9. The van der Waals surface area contributed by atoms with Gasteiger partial charge in [0.2, 0.25) is 0 Å². The highest BCUT2D eigenvalue weighted by atomic mass is 19.4. The van der Waals surface area contributed by atoms with Gasteiger partial charge in [-0.15, -0.1) is 5.10 Å². The Balaban J connectivity index is 1.74. The van der Waals surface area contributed by atoms with E-state index in [-0.39, 0.29) is 11.4 Å². The summed E-state index contributed by atoms with van der Waals surface area (Å²) in [5.74, 6) is 0.596. The van der Waals surface area contributed by atoms with E-state index in [0.717, 1.165) is 17.7 Å². The quantitative estimate of drug-likeness (QED) is 0.375. The molecule has 0 fully saturated rings. The Morgan fingerprint density at radius 3 is 2.62 bits per heavy atom. The SMILES string of the molecule is N/C(=N\N=C\c1cccc(C(F)(F)F)c1)c1cccnc1NCc1ccncc1. The van der Waals surface area contributed by atoms with Crippen LogP contribution in [-0.4, -0.2) is 22.0 Å². The minimum atomic E-state index is -4.42. The number of amidine groups is 1. The molecule has 6 nitrogen and oxygen atoms in total. The number of halogens is 3. The van der Waals surface area contributed by atoms with Crippen LogP contribution < -0.4 is 11.1 Å². The van der Waals surface area contributed by atoms with Gasteiger partial charge in [0.1, 0.15) is 5.82 Å². The molecule has 3 N–H and O–H groups in total. The fourth-order valence-electron chi connectivity index (χ4n) is 2.45.